The molecule has 0 N–H and O–H groups in total. The summed E-state index contributed by atoms with van der Waals surface area (Å²) in [6.07, 6.45) is 0. The van der Waals surface area contributed by atoms with Crippen LogP contribution in [0.5, 0.6) is 0 Å². The van der Waals surface area contributed by atoms with Crippen LogP contribution in [0.4, 0.5) is 0 Å². The van der Waals surface area contributed by atoms with Crippen molar-refractivity contribution in [2.24, 2.45) is 0 Å². The molecule has 0 aliphatic carbocycles. The van der Waals surface area contributed by atoms with E-state index < -0.39 is 0 Å². The zero-order valence-electron chi connectivity index (χ0n) is 29.3. The molecule has 9 aromatic carbocycles. The van der Waals surface area contributed by atoms with E-state index in [9.17, 15) is 0 Å². The van der Waals surface area contributed by atoms with E-state index in [4.69, 9.17) is 8.83 Å². The molecule has 2 aromatic heterocycles. The molecule has 0 radical (unpaired) electrons. The molecule has 0 amide bonds. The van der Waals surface area contributed by atoms with Gasteiger partial charge in [-0.3, -0.25) is 0 Å². The monoisotopic (exact) mass is 688 g/mol. The van der Waals surface area contributed by atoms with E-state index >= 15 is 0 Å². The van der Waals surface area contributed by atoms with E-state index in [1.807, 2.05) is 12.1 Å². The van der Waals surface area contributed by atoms with Crippen molar-refractivity contribution in [2.75, 3.05) is 0 Å². The van der Waals surface area contributed by atoms with Crippen LogP contribution in [-0.4, -0.2) is 0 Å². The van der Waals surface area contributed by atoms with Gasteiger partial charge in [0.05, 0.1) is 0 Å². The van der Waals surface area contributed by atoms with Crippen LogP contribution in [0.1, 0.15) is 0 Å². The van der Waals surface area contributed by atoms with Gasteiger partial charge in [-0.1, -0.05) is 164 Å². The topological polar surface area (TPSA) is 26.3 Å². The van der Waals surface area contributed by atoms with E-state index in [-0.39, 0.29) is 0 Å². The van der Waals surface area contributed by atoms with Crippen molar-refractivity contribution in [3.63, 3.8) is 0 Å². The molecular weight excluding hydrogens is 657 g/mol. The average Bonchev–Trinajstić information content (AvgIpc) is 3.80. The van der Waals surface area contributed by atoms with Gasteiger partial charge in [0.2, 0.25) is 0 Å². The summed E-state index contributed by atoms with van der Waals surface area (Å²) in [6, 6.07) is 69.0. The number of hydrogen-bond donors (Lipinski definition) is 0. The highest BCUT2D eigenvalue weighted by atomic mass is 16.3. The molecule has 0 fully saturated rings. The first-order valence-corrected chi connectivity index (χ1v) is 18.4. The van der Waals surface area contributed by atoms with Gasteiger partial charge in [0.25, 0.3) is 0 Å². The molecule has 54 heavy (non-hydrogen) atoms. The Bertz CT molecular complexity index is 3130. The number of hydrogen-bond acceptors (Lipinski definition) is 2. The molecular formula is C52H32O2. The van der Waals surface area contributed by atoms with E-state index in [1.165, 1.54) is 49.4 Å². The molecule has 2 nitrogen and oxygen atoms in total. The third kappa shape index (κ3) is 4.81. The maximum Gasteiger partial charge on any atom is 0.143 e. The second kappa shape index (κ2) is 12.2. The van der Waals surface area contributed by atoms with Crippen molar-refractivity contribution in [3.8, 4) is 55.8 Å². The maximum atomic E-state index is 6.75. The van der Waals surface area contributed by atoms with Gasteiger partial charge in [-0.2, -0.15) is 0 Å². The molecule has 0 unspecified atom stereocenters. The van der Waals surface area contributed by atoms with Crippen molar-refractivity contribution in [3.05, 3.63) is 194 Å². The maximum absolute atomic E-state index is 6.75. The molecule has 0 aliphatic rings. The summed E-state index contributed by atoms with van der Waals surface area (Å²) in [6.45, 7) is 0. The van der Waals surface area contributed by atoms with Gasteiger partial charge >= 0.3 is 0 Å². The van der Waals surface area contributed by atoms with Gasteiger partial charge in [0.1, 0.15) is 22.5 Å². The lowest BCUT2D eigenvalue weighted by atomic mass is 9.85. The SMILES string of the molecule is c1ccc(-c2cccc(-c3c4ccccc4c(-c4ccc5oc6cc7c(-c8ccccc8)c(-c8ccccc8)oc7cc6c5c4)c4ccccc34)c2)cc1. The van der Waals surface area contributed by atoms with Crippen LogP contribution in [0.15, 0.2) is 203 Å². The zero-order chi connectivity index (χ0) is 35.6. The molecule has 2 heteroatoms. The first kappa shape index (κ1) is 30.5. The molecule has 0 atom stereocenters. The van der Waals surface area contributed by atoms with Crippen molar-refractivity contribution < 1.29 is 8.83 Å². The quantitative estimate of drug-likeness (QED) is 0.168. The molecule has 0 saturated heterocycles. The Kier molecular flexibility index (Phi) is 6.90. The molecule has 0 bridgehead atoms. The fourth-order valence-electron chi connectivity index (χ4n) is 8.44. The predicted octanol–water partition coefficient (Wildman–Crippen LogP) is 15.0. The first-order chi connectivity index (χ1) is 26.8. The molecule has 11 rings (SSSR count). The Morgan fingerprint density at radius 1 is 0.222 bits per heavy atom. The third-order valence-electron chi connectivity index (χ3n) is 10.9. The summed E-state index contributed by atoms with van der Waals surface area (Å²) >= 11 is 0. The highest BCUT2D eigenvalue weighted by molar-refractivity contribution is 6.22. The van der Waals surface area contributed by atoms with Crippen LogP contribution in [0.25, 0.3) is 110 Å². The Labute approximate surface area is 312 Å². The van der Waals surface area contributed by atoms with E-state index in [1.54, 1.807) is 0 Å². The van der Waals surface area contributed by atoms with Gasteiger partial charge in [0, 0.05) is 27.3 Å². The minimum absolute atomic E-state index is 0.839. The standard InChI is InChI=1S/C52H32O2/c1-4-15-33(16-5-1)36-21-14-22-37(29-36)49-39-23-10-12-25-41(39)50(42-26-13-11-24-40(42)49)38-27-28-46-43(30-38)44-31-48-45(32-47(44)53-46)51(34-17-6-2-7-18-34)52(54-48)35-19-8-3-9-20-35/h1-32H. The summed E-state index contributed by atoms with van der Waals surface area (Å²) in [7, 11) is 0. The lowest BCUT2D eigenvalue weighted by Crippen LogP contribution is -1.91. The van der Waals surface area contributed by atoms with Gasteiger partial charge in [-0.15, -0.1) is 0 Å². The van der Waals surface area contributed by atoms with Crippen LogP contribution in [0.2, 0.25) is 0 Å². The van der Waals surface area contributed by atoms with Gasteiger partial charge in [-0.05, 0) is 90.8 Å². The normalized spacial score (nSPS) is 11.7. The van der Waals surface area contributed by atoms with Gasteiger partial charge in [-0.25, -0.2) is 0 Å². The Hall–Kier alpha value is -7.16. The number of rotatable bonds is 5. The van der Waals surface area contributed by atoms with Crippen LogP contribution in [0.3, 0.4) is 0 Å². The summed E-state index contributed by atoms with van der Waals surface area (Å²) in [4.78, 5) is 0. The van der Waals surface area contributed by atoms with E-state index in [0.717, 1.165) is 60.9 Å². The predicted molar refractivity (Wildman–Crippen MR) is 226 cm³/mol. The molecule has 0 spiro atoms. The van der Waals surface area contributed by atoms with E-state index in [0.29, 0.717) is 0 Å². The third-order valence-corrected chi connectivity index (χ3v) is 10.9. The van der Waals surface area contributed by atoms with Crippen LogP contribution >= 0.6 is 0 Å². The van der Waals surface area contributed by atoms with Crippen LogP contribution in [-0.2, 0) is 0 Å². The zero-order valence-corrected chi connectivity index (χ0v) is 29.3. The van der Waals surface area contributed by atoms with Crippen molar-refractivity contribution in [2.45, 2.75) is 0 Å². The minimum atomic E-state index is 0.839. The molecule has 0 saturated carbocycles. The Morgan fingerprint density at radius 2 is 0.685 bits per heavy atom. The first-order valence-electron chi connectivity index (χ1n) is 18.4. The molecule has 0 aliphatic heterocycles. The Morgan fingerprint density at radius 3 is 1.31 bits per heavy atom. The fraction of sp³-hybridized carbons (Fsp3) is 0. The summed E-state index contributed by atoms with van der Waals surface area (Å²) in [5, 5.41) is 8.04. The smallest absolute Gasteiger partial charge is 0.143 e. The number of fused-ring (bicyclic) bond motifs is 6. The van der Waals surface area contributed by atoms with Crippen molar-refractivity contribution in [1.82, 2.24) is 0 Å². The number of furan rings is 2. The second-order valence-corrected chi connectivity index (χ2v) is 14.0. The van der Waals surface area contributed by atoms with Crippen LogP contribution in [0, 0.1) is 0 Å². The molecule has 11 aromatic rings. The second-order valence-electron chi connectivity index (χ2n) is 14.0. The lowest BCUT2D eigenvalue weighted by Gasteiger charge is -2.18. The lowest BCUT2D eigenvalue weighted by molar-refractivity contribution is 0.632. The summed E-state index contributed by atoms with van der Waals surface area (Å²) in [5.41, 5.74) is 13.0. The van der Waals surface area contributed by atoms with Crippen LogP contribution < -0.4 is 0 Å². The average molecular weight is 689 g/mol. The minimum Gasteiger partial charge on any atom is -0.456 e. The fourth-order valence-corrected chi connectivity index (χ4v) is 8.44. The number of benzene rings is 9. The van der Waals surface area contributed by atoms with Crippen molar-refractivity contribution >= 4 is 54.5 Å². The highest BCUT2D eigenvalue weighted by Crippen LogP contribution is 2.47. The molecule has 252 valence electrons. The Balaban J connectivity index is 1.13. The highest BCUT2D eigenvalue weighted by Gasteiger charge is 2.22. The summed E-state index contributed by atoms with van der Waals surface area (Å²) in [5.74, 6) is 0.863. The van der Waals surface area contributed by atoms with Gasteiger partial charge in [0.15, 0.2) is 0 Å². The molecule has 2 heterocycles. The van der Waals surface area contributed by atoms with Crippen molar-refractivity contribution in [1.29, 1.82) is 0 Å². The summed E-state index contributed by atoms with van der Waals surface area (Å²) < 4.78 is 13.4. The van der Waals surface area contributed by atoms with E-state index in [2.05, 4.69) is 182 Å². The van der Waals surface area contributed by atoms with Gasteiger partial charge < -0.3 is 8.83 Å². The largest absolute Gasteiger partial charge is 0.456 e.